The number of fused-ring (bicyclic) bond motifs is 1. The zero-order chi connectivity index (χ0) is 44.4. The molecule has 0 unspecified atom stereocenters. The van der Waals surface area contributed by atoms with Crippen molar-refractivity contribution in [3.8, 4) is 5.75 Å². The molecule has 4 aromatic rings. The first-order chi connectivity index (χ1) is 25.6. The number of sulfone groups is 4. The van der Waals surface area contributed by atoms with Gasteiger partial charge in [-0.15, -0.1) is 0 Å². The maximum Gasteiger partial charge on any atom is 0.176 e. The number of benzene rings is 4. The van der Waals surface area contributed by atoms with Crippen molar-refractivity contribution in [3.05, 3.63) is 109 Å². The summed E-state index contributed by atoms with van der Waals surface area (Å²) in [4.78, 5) is 1.81. The summed E-state index contributed by atoms with van der Waals surface area (Å²) in [6.07, 6.45) is 6.78. The van der Waals surface area contributed by atoms with E-state index in [0.29, 0.717) is 19.6 Å². The van der Waals surface area contributed by atoms with Gasteiger partial charge in [-0.3, -0.25) is 0 Å². The molecule has 57 heavy (non-hydrogen) atoms. The van der Waals surface area contributed by atoms with Crippen LogP contribution in [-0.4, -0.2) is 64.3 Å². The number of aryl methyl sites for hydroxylation is 6. The first-order valence-corrected chi connectivity index (χ1v) is 26.0. The van der Waals surface area contributed by atoms with E-state index in [0.717, 1.165) is 85.4 Å². The van der Waals surface area contributed by atoms with Crippen molar-refractivity contribution in [1.29, 1.82) is 0 Å². The van der Waals surface area contributed by atoms with Crippen LogP contribution in [0.5, 0.6) is 5.75 Å². The van der Waals surface area contributed by atoms with Crippen molar-refractivity contribution in [2.24, 2.45) is 0 Å². The largest absolute Gasteiger partial charge is 0.487 e. The maximum absolute atomic E-state index is 12.0. The summed E-state index contributed by atoms with van der Waals surface area (Å²) in [7, 11) is -12.4. The Labute approximate surface area is 344 Å². The van der Waals surface area contributed by atoms with Crippen molar-refractivity contribution in [1.82, 2.24) is 0 Å². The summed E-state index contributed by atoms with van der Waals surface area (Å²) < 4.78 is 97.8. The highest BCUT2D eigenvalue weighted by Crippen LogP contribution is 2.42. The molecule has 13 heteroatoms. The second-order valence-electron chi connectivity index (χ2n) is 16.1. The third kappa shape index (κ3) is 13.0. The van der Waals surface area contributed by atoms with Gasteiger partial charge in [0.15, 0.2) is 39.3 Å². The van der Waals surface area contributed by atoms with Gasteiger partial charge in [0, 0.05) is 25.0 Å². The van der Waals surface area contributed by atoms with Gasteiger partial charge in [-0.25, -0.2) is 33.7 Å². The Morgan fingerprint density at radius 2 is 0.877 bits per heavy atom. The van der Waals surface area contributed by atoms with Crippen LogP contribution in [0.2, 0.25) is 0 Å². The van der Waals surface area contributed by atoms with Gasteiger partial charge in [-0.05, 0) is 171 Å². The molecule has 0 aliphatic carbocycles. The Kier molecular flexibility index (Phi) is 15.8. The number of rotatable bonds is 4. The highest BCUT2D eigenvalue weighted by atomic mass is 32.2. The average Bonchev–Trinajstić information content (AvgIpc) is 3.00. The summed E-state index contributed by atoms with van der Waals surface area (Å²) in [6.45, 7) is 25.1. The monoisotopic (exact) mass is 862 g/mol. The lowest BCUT2D eigenvalue weighted by molar-refractivity contribution is 0.0832. The van der Waals surface area contributed by atoms with E-state index in [1.165, 1.54) is 25.0 Å². The van der Waals surface area contributed by atoms with E-state index in [9.17, 15) is 33.7 Å². The molecule has 1 aliphatic rings. The molecule has 0 N–H and O–H groups in total. The highest BCUT2D eigenvalue weighted by molar-refractivity contribution is 7.91. The van der Waals surface area contributed by atoms with Crippen molar-refractivity contribution in [3.63, 3.8) is 0 Å². The van der Waals surface area contributed by atoms with Crippen LogP contribution < -0.4 is 4.74 Å². The predicted octanol–water partition coefficient (Wildman–Crippen LogP) is 8.86. The molecule has 0 fully saturated rings. The van der Waals surface area contributed by atoms with Crippen molar-refractivity contribution in [2.75, 3.05) is 25.0 Å². The minimum absolute atomic E-state index is 0.177. The quantitative estimate of drug-likeness (QED) is 0.196. The third-order valence-electron chi connectivity index (χ3n) is 10.1. The van der Waals surface area contributed by atoms with Crippen molar-refractivity contribution in [2.45, 2.75) is 128 Å². The van der Waals surface area contributed by atoms with Gasteiger partial charge in [0.25, 0.3) is 0 Å². The second kappa shape index (κ2) is 18.2. The van der Waals surface area contributed by atoms with Crippen LogP contribution in [0.4, 0.5) is 0 Å². The van der Waals surface area contributed by atoms with Crippen LogP contribution in [0.1, 0.15) is 87.0 Å². The van der Waals surface area contributed by atoms with E-state index >= 15 is 0 Å². The minimum atomic E-state index is -3.20. The van der Waals surface area contributed by atoms with E-state index < -0.39 is 39.3 Å². The molecule has 0 radical (unpaired) electrons. The van der Waals surface area contributed by atoms with E-state index in [1.54, 1.807) is 24.3 Å². The summed E-state index contributed by atoms with van der Waals surface area (Å²) in [5, 5.41) is 0. The van der Waals surface area contributed by atoms with E-state index in [2.05, 4.69) is 13.8 Å². The van der Waals surface area contributed by atoms with Gasteiger partial charge in [-0.2, -0.15) is 0 Å². The van der Waals surface area contributed by atoms with Crippen LogP contribution in [0.25, 0.3) is 0 Å². The van der Waals surface area contributed by atoms with Gasteiger partial charge >= 0.3 is 0 Å². The normalized spacial score (nSPS) is 13.7. The summed E-state index contributed by atoms with van der Waals surface area (Å²) >= 11 is 0. The summed E-state index contributed by atoms with van der Waals surface area (Å²) in [6, 6.07) is 12.5. The van der Waals surface area contributed by atoms with E-state index in [4.69, 9.17) is 4.74 Å². The topological polar surface area (TPSA) is 146 Å². The third-order valence-corrected chi connectivity index (χ3v) is 15.4. The van der Waals surface area contributed by atoms with E-state index in [1.807, 2.05) is 94.4 Å². The smallest absolute Gasteiger partial charge is 0.176 e. The Balaban J connectivity index is 0.000000268. The molecule has 0 aromatic heterocycles. The molecule has 0 spiro atoms. The first-order valence-electron chi connectivity index (χ1n) is 18.5. The first kappa shape index (κ1) is 49.6. The van der Waals surface area contributed by atoms with Gasteiger partial charge in [0.2, 0.25) is 0 Å². The Hall–Kier alpha value is -3.52. The van der Waals surface area contributed by atoms with Crippen molar-refractivity contribution < 1.29 is 38.4 Å². The van der Waals surface area contributed by atoms with Crippen LogP contribution in [0.3, 0.4) is 0 Å². The second-order valence-corrected chi connectivity index (χ2v) is 24.0. The Bertz CT molecular complexity index is 2580. The van der Waals surface area contributed by atoms with Gasteiger partial charge in [0.05, 0.1) is 19.6 Å². The predicted molar refractivity (Wildman–Crippen MR) is 233 cm³/mol. The standard InChI is InChI=1S/C15H22O3S.C11H16O2S.C10H14O2S.C8H10O2S/c1-9-10(2)14(19(6,16)17)11(3)12-7-8-15(4,5)18-13(9)12;1-7-6-8(2)11(14(5,12)13)10(4)9(7)3;1-7-5-8(2)10(9(3)6-7)13(4,11)12;1-7-3-5-8(6-4-7)11(2,9)10/h7-8H2,1-6H3;6H,1-5H3;5-6H,1-4H3;3-6H,1-2H3. The van der Waals surface area contributed by atoms with E-state index in [-0.39, 0.29) is 5.60 Å². The molecule has 316 valence electrons. The fourth-order valence-electron chi connectivity index (χ4n) is 7.27. The van der Waals surface area contributed by atoms with Gasteiger partial charge in [-0.1, -0.05) is 41.5 Å². The SMILES string of the molecule is Cc1c(C)c(S(C)(=O)=O)c(C)c2c1OC(C)(C)CC2.Cc1cc(C)c(S(C)(=O)=O)c(C)c1.Cc1cc(C)c(S(C)(=O)=O)c(C)c1C.Cc1ccc(S(C)(=O)=O)cc1. The fourth-order valence-corrected chi connectivity index (χ4v) is 11.9. The van der Waals surface area contributed by atoms with Crippen LogP contribution in [-0.2, 0) is 45.8 Å². The lowest BCUT2D eigenvalue weighted by Crippen LogP contribution is -2.33. The minimum Gasteiger partial charge on any atom is -0.487 e. The van der Waals surface area contributed by atoms with Crippen molar-refractivity contribution >= 4 is 39.3 Å². The zero-order valence-corrected chi connectivity index (χ0v) is 40.0. The number of hydrogen-bond donors (Lipinski definition) is 0. The lowest BCUT2D eigenvalue weighted by Gasteiger charge is -2.35. The molecule has 9 nitrogen and oxygen atoms in total. The van der Waals surface area contributed by atoms with Crippen LogP contribution in [0.15, 0.2) is 62.0 Å². The molecule has 0 saturated carbocycles. The summed E-state index contributed by atoms with van der Waals surface area (Å²) in [5.41, 5.74) is 11.3. The Morgan fingerprint density at radius 3 is 1.30 bits per heavy atom. The molecule has 1 heterocycles. The Morgan fingerprint density at radius 1 is 0.456 bits per heavy atom. The molecule has 5 rings (SSSR count). The zero-order valence-electron chi connectivity index (χ0n) is 36.8. The molecule has 0 amide bonds. The number of hydrogen-bond acceptors (Lipinski definition) is 9. The van der Waals surface area contributed by atoms with Crippen LogP contribution >= 0.6 is 0 Å². The maximum atomic E-state index is 12.0. The molecule has 4 aromatic carbocycles. The molecule has 0 bridgehead atoms. The van der Waals surface area contributed by atoms with Gasteiger partial charge < -0.3 is 4.74 Å². The average molecular weight is 863 g/mol. The van der Waals surface area contributed by atoms with Gasteiger partial charge in [0.1, 0.15) is 11.4 Å². The highest BCUT2D eigenvalue weighted by Gasteiger charge is 2.32. The van der Waals surface area contributed by atoms with Crippen LogP contribution in [0, 0.1) is 76.2 Å². The fraction of sp³-hybridized carbons (Fsp3) is 0.455. The number of ether oxygens (including phenoxy) is 1. The lowest BCUT2D eigenvalue weighted by atomic mass is 9.88. The summed E-state index contributed by atoms with van der Waals surface area (Å²) in [5.74, 6) is 0.888. The molecule has 0 saturated heterocycles. The molecular weight excluding hydrogens is 801 g/mol. The molecule has 0 atom stereocenters. The molecular formula is C44H62O9S4. The molecule has 1 aliphatic heterocycles.